The number of nitrogens with zero attached hydrogens (tertiary/aromatic N) is 1. The number of likely N-dealkylation sites (N-methyl/N-ethyl adjacent to an activating group) is 1. The van der Waals surface area contributed by atoms with Gasteiger partial charge in [0, 0.05) is 13.1 Å². The quantitative estimate of drug-likeness (QED) is 0.555. The first-order chi connectivity index (χ1) is 14.5. The summed E-state index contributed by atoms with van der Waals surface area (Å²) in [7, 11) is 6.27. The molecule has 164 valence electrons. The van der Waals surface area contributed by atoms with Gasteiger partial charge in [0.2, 0.25) is 11.7 Å². The first-order valence-electron chi connectivity index (χ1n) is 9.87. The van der Waals surface area contributed by atoms with Crippen LogP contribution in [0.25, 0.3) is 0 Å². The summed E-state index contributed by atoms with van der Waals surface area (Å²) in [5.74, 6) is 2.90. The van der Waals surface area contributed by atoms with Crippen molar-refractivity contribution < 1.29 is 28.5 Å². The number of carbonyl (C=O) groups excluding carboxylic acids is 1. The minimum absolute atomic E-state index is 0.000348. The minimum Gasteiger partial charge on any atom is -0.493 e. The van der Waals surface area contributed by atoms with Crippen LogP contribution in [-0.2, 0) is 17.8 Å². The molecule has 0 N–H and O–H groups in total. The number of hydrogen-bond acceptors (Lipinski definition) is 6. The maximum atomic E-state index is 13.0. The van der Waals surface area contributed by atoms with Crippen molar-refractivity contribution in [3.8, 4) is 28.7 Å². The van der Waals surface area contributed by atoms with Gasteiger partial charge < -0.3 is 28.6 Å². The molecule has 0 unspecified atom stereocenters. The maximum absolute atomic E-state index is 13.0. The minimum atomic E-state index is -0.000348. The SMILES string of the molecule is CCOc1ccc(CN(CC)C(=O)Cc2cc(OC)c(OC)c(OC)c2)cc1OC. The molecule has 0 aliphatic rings. The fraction of sp³-hybridized carbons (Fsp3) is 0.435. The van der Waals surface area contributed by atoms with Crippen molar-refractivity contribution in [3.63, 3.8) is 0 Å². The molecular weight excluding hydrogens is 386 g/mol. The average Bonchev–Trinajstić information content (AvgIpc) is 2.77. The molecule has 2 aromatic rings. The molecule has 0 heterocycles. The molecule has 30 heavy (non-hydrogen) atoms. The third-order valence-corrected chi connectivity index (χ3v) is 4.72. The molecule has 0 aromatic heterocycles. The smallest absolute Gasteiger partial charge is 0.227 e. The van der Waals surface area contributed by atoms with E-state index >= 15 is 0 Å². The zero-order chi connectivity index (χ0) is 22.1. The predicted molar refractivity (Wildman–Crippen MR) is 115 cm³/mol. The molecule has 7 nitrogen and oxygen atoms in total. The van der Waals surface area contributed by atoms with Crippen LogP contribution in [0.4, 0.5) is 0 Å². The summed E-state index contributed by atoms with van der Waals surface area (Å²) in [5.41, 5.74) is 1.76. The summed E-state index contributed by atoms with van der Waals surface area (Å²) in [6.07, 6.45) is 0.221. The van der Waals surface area contributed by atoms with Crippen molar-refractivity contribution in [2.45, 2.75) is 26.8 Å². The third-order valence-electron chi connectivity index (χ3n) is 4.72. The standard InChI is InChI=1S/C23H31NO6/c1-7-24(15-16-9-10-18(30-8-2)19(11-16)26-3)22(25)14-17-12-20(27-4)23(29-6)21(13-17)28-5/h9-13H,7-8,14-15H2,1-6H3. The molecule has 7 heteroatoms. The van der Waals surface area contributed by atoms with Crippen LogP contribution in [0, 0.1) is 0 Å². The van der Waals surface area contributed by atoms with Crippen molar-refractivity contribution in [1.29, 1.82) is 0 Å². The summed E-state index contributed by atoms with van der Waals surface area (Å²) < 4.78 is 27.1. The van der Waals surface area contributed by atoms with Crippen LogP contribution in [0.1, 0.15) is 25.0 Å². The Labute approximate surface area is 178 Å². The predicted octanol–water partition coefficient (Wildman–Crippen LogP) is 3.71. The average molecular weight is 418 g/mol. The lowest BCUT2D eigenvalue weighted by Gasteiger charge is -2.22. The van der Waals surface area contributed by atoms with Gasteiger partial charge in [-0.3, -0.25) is 4.79 Å². The van der Waals surface area contributed by atoms with E-state index in [0.717, 1.165) is 11.1 Å². The number of benzene rings is 2. The van der Waals surface area contributed by atoms with E-state index < -0.39 is 0 Å². The lowest BCUT2D eigenvalue weighted by Crippen LogP contribution is -2.31. The van der Waals surface area contributed by atoms with Gasteiger partial charge in [-0.2, -0.15) is 0 Å². The van der Waals surface area contributed by atoms with E-state index in [9.17, 15) is 4.79 Å². The highest BCUT2D eigenvalue weighted by molar-refractivity contribution is 5.79. The Bertz CT molecular complexity index is 827. The number of ether oxygens (including phenoxy) is 5. The topological polar surface area (TPSA) is 66.5 Å². The molecule has 0 aliphatic carbocycles. The van der Waals surface area contributed by atoms with Gasteiger partial charge in [0.1, 0.15) is 0 Å². The number of rotatable bonds is 11. The van der Waals surface area contributed by atoms with Crippen molar-refractivity contribution in [2.24, 2.45) is 0 Å². The van der Waals surface area contributed by atoms with Gasteiger partial charge in [0.25, 0.3) is 0 Å². The number of amides is 1. The molecule has 0 aliphatic heterocycles. The van der Waals surface area contributed by atoms with E-state index in [1.807, 2.05) is 32.0 Å². The highest BCUT2D eigenvalue weighted by Gasteiger charge is 2.18. The van der Waals surface area contributed by atoms with E-state index in [1.54, 1.807) is 45.5 Å². The van der Waals surface area contributed by atoms with Crippen LogP contribution in [0.3, 0.4) is 0 Å². The molecule has 0 saturated carbocycles. The van der Waals surface area contributed by atoms with E-state index in [0.29, 0.717) is 48.4 Å². The van der Waals surface area contributed by atoms with Gasteiger partial charge >= 0.3 is 0 Å². The molecule has 2 rings (SSSR count). The molecule has 0 saturated heterocycles. The lowest BCUT2D eigenvalue weighted by atomic mass is 10.1. The summed E-state index contributed by atoms with van der Waals surface area (Å²) in [6.45, 7) is 5.50. The maximum Gasteiger partial charge on any atom is 0.227 e. The summed E-state index contributed by atoms with van der Waals surface area (Å²) in [5, 5.41) is 0. The molecular formula is C23H31NO6. The van der Waals surface area contributed by atoms with Gasteiger partial charge in [-0.25, -0.2) is 0 Å². The third kappa shape index (κ3) is 5.49. The lowest BCUT2D eigenvalue weighted by molar-refractivity contribution is -0.130. The monoisotopic (exact) mass is 417 g/mol. The first-order valence-corrected chi connectivity index (χ1v) is 9.87. The Balaban J connectivity index is 2.19. The van der Waals surface area contributed by atoms with E-state index in [2.05, 4.69) is 0 Å². The molecule has 2 aromatic carbocycles. The largest absolute Gasteiger partial charge is 0.493 e. The number of carbonyl (C=O) groups is 1. The summed E-state index contributed by atoms with van der Waals surface area (Å²) >= 11 is 0. The molecule has 0 atom stereocenters. The van der Waals surface area contributed by atoms with Crippen LogP contribution in [-0.4, -0.2) is 52.4 Å². The summed E-state index contributed by atoms with van der Waals surface area (Å²) in [4.78, 5) is 14.8. The van der Waals surface area contributed by atoms with Gasteiger partial charge in [-0.1, -0.05) is 6.07 Å². The fourth-order valence-electron chi connectivity index (χ4n) is 3.21. The Hall–Kier alpha value is -3.09. The highest BCUT2D eigenvalue weighted by atomic mass is 16.5. The number of hydrogen-bond donors (Lipinski definition) is 0. The normalized spacial score (nSPS) is 10.3. The van der Waals surface area contributed by atoms with Crippen molar-refractivity contribution in [3.05, 3.63) is 41.5 Å². The van der Waals surface area contributed by atoms with Gasteiger partial charge in [-0.05, 0) is 49.2 Å². The molecule has 0 fully saturated rings. The fourth-order valence-corrected chi connectivity index (χ4v) is 3.21. The first kappa shape index (κ1) is 23.2. The van der Waals surface area contributed by atoms with Crippen molar-refractivity contribution in [1.82, 2.24) is 4.90 Å². The van der Waals surface area contributed by atoms with Crippen LogP contribution in [0.15, 0.2) is 30.3 Å². The van der Waals surface area contributed by atoms with Crippen LogP contribution in [0.2, 0.25) is 0 Å². The second-order valence-electron chi connectivity index (χ2n) is 6.54. The second-order valence-corrected chi connectivity index (χ2v) is 6.54. The van der Waals surface area contributed by atoms with E-state index in [1.165, 1.54) is 0 Å². The van der Waals surface area contributed by atoms with Gasteiger partial charge in [0.05, 0.1) is 41.5 Å². The molecule has 0 radical (unpaired) electrons. The highest BCUT2D eigenvalue weighted by Crippen LogP contribution is 2.38. The zero-order valence-electron chi connectivity index (χ0n) is 18.6. The second kappa shape index (κ2) is 11.2. The van der Waals surface area contributed by atoms with Crippen LogP contribution in [0.5, 0.6) is 28.7 Å². The Kier molecular flexibility index (Phi) is 8.65. The Morgan fingerprint density at radius 1 is 0.800 bits per heavy atom. The Morgan fingerprint density at radius 3 is 1.90 bits per heavy atom. The molecule has 1 amide bonds. The van der Waals surface area contributed by atoms with Crippen molar-refractivity contribution >= 4 is 5.91 Å². The Morgan fingerprint density at radius 2 is 1.40 bits per heavy atom. The van der Waals surface area contributed by atoms with Gasteiger partial charge in [0.15, 0.2) is 23.0 Å². The van der Waals surface area contributed by atoms with Gasteiger partial charge in [-0.15, -0.1) is 0 Å². The van der Waals surface area contributed by atoms with E-state index in [4.69, 9.17) is 23.7 Å². The summed E-state index contributed by atoms with van der Waals surface area (Å²) in [6, 6.07) is 9.32. The van der Waals surface area contributed by atoms with Crippen LogP contribution >= 0.6 is 0 Å². The number of methoxy groups -OCH3 is 4. The molecule has 0 bridgehead atoms. The van der Waals surface area contributed by atoms with E-state index in [-0.39, 0.29) is 12.3 Å². The zero-order valence-corrected chi connectivity index (χ0v) is 18.6. The van der Waals surface area contributed by atoms with Crippen molar-refractivity contribution in [2.75, 3.05) is 41.6 Å². The van der Waals surface area contributed by atoms with Crippen LogP contribution < -0.4 is 23.7 Å². The molecule has 0 spiro atoms.